The molecule has 0 bridgehead atoms. The Morgan fingerprint density at radius 2 is 2.33 bits per heavy atom. The molecule has 0 atom stereocenters. The Hall–Kier alpha value is -1.91. The third-order valence-electron chi connectivity index (χ3n) is 2.57. The first kappa shape index (κ1) is 8.40. The van der Waals surface area contributed by atoms with Crippen molar-refractivity contribution in [3.05, 3.63) is 23.8 Å². The van der Waals surface area contributed by atoms with E-state index in [9.17, 15) is 0 Å². The van der Waals surface area contributed by atoms with E-state index in [-0.39, 0.29) is 0 Å². The van der Waals surface area contributed by atoms with Crippen molar-refractivity contribution < 1.29 is 4.74 Å². The average Bonchev–Trinajstić information content (AvgIpc) is 2.84. The molecule has 2 aromatic rings. The van der Waals surface area contributed by atoms with Gasteiger partial charge in [-0.1, -0.05) is 12.1 Å². The summed E-state index contributed by atoms with van der Waals surface area (Å²) in [4.78, 5) is 0. The standard InChI is InChI=1S/C10H10N4O/c1-14-10(11-12-13-14)8-3-2-7-4-5-15-9(7)6-8/h2-3,6H,4-5H2,1H3. The van der Waals surface area contributed by atoms with Crippen molar-refractivity contribution in [1.82, 2.24) is 20.2 Å². The number of tetrazole rings is 1. The van der Waals surface area contributed by atoms with Crippen molar-refractivity contribution in [3.8, 4) is 17.1 Å². The van der Waals surface area contributed by atoms with Crippen LogP contribution >= 0.6 is 0 Å². The minimum Gasteiger partial charge on any atom is -0.493 e. The molecule has 0 unspecified atom stereocenters. The smallest absolute Gasteiger partial charge is 0.181 e. The maximum absolute atomic E-state index is 5.50. The summed E-state index contributed by atoms with van der Waals surface area (Å²) in [6.45, 7) is 0.774. The molecular weight excluding hydrogens is 192 g/mol. The van der Waals surface area contributed by atoms with Crippen molar-refractivity contribution in [2.24, 2.45) is 7.05 Å². The van der Waals surface area contributed by atoms with E-state index < -0.39 is 0 Å². The van der Waals surface area contributed by atoms with Gasteiger partial charge in [0.25, 0.3) is 0 Å². The van der Waals surface area contributed by atoms with Gasteiger partial charge in [0, 0.05) is 19.0 Å². The van der Waals surface area contributed by atoms with E-state index in [1.165, 1.54) is 5.56 Å². The largest absolute Gasteiger partial charge is 0.493 e. The van der Waals surface area contributed by atoms with Gasteiger partial charge in [0.15, 0.2) is 5.82 Å². The fraction of sp³-hybridized carbons (Fsp3) is 0.300. The third kappa shape index (κ3) is 1.27. The van der Waals surface area contributed by atoms with Gasteiger partial charge in [0.1, 0.15) is 5.75 Å². The molecule has 0 aliphatic carbocycles. The highest BCUT2D eigenvalue weighted by molar-refractivity contribution is 5.59. The molecule has 1 aromatic heterocycles. The van der Waals surface area contributed by atoms with Crippen LogP contribution in [0.1, 0.15) is 5.56 Å². The molecule has 1 aliphatic heterocycles. The molecule has 3 rings (SSSR count). The predicted octanol–water partition coefficient (Wildman–Crippen LogP) is 0.812. The number of rotatable bonds is 1. The highest BCUT2D eigenvalue weighted by Crippen LogP contribution is 2.29. The second-order valence-electron chi connectivity index (χ2n) is 3.55. The van der Waals surface area contributed by atoms with Crippen molar-refractivity contribution >= 4 is 0 Å². The maximum atomic E-state index is 5.50. The SMILES string of the molecule is Cn1nnnc1-c1ccc2c(c1)OCC2. The van der Waals surface area contributed by atoms with E-state index in [1.54, 1.807) is 4.68 Å². The molecule has 0 spiro atoms. The fourth-order valence-corrected chi connectivity index (χ4v) is 1.78. The third-order valence-corrected chi connectivity index (χ3v) is 2.57. The van der Waals surface area contributed by atoms with Crippen LogP contribution in [0.2, 0.25) is 0 Å². The number of benzene rings is 1. The van der Waals surface area contributed by atoms with E-state index >= 15 is 0 Å². The fourth-order valence-electron chi connectivity index (χ4n) is 1.78. The number of ether oxygens (including phenoxy) is 1. The second-order valence-corrected chi connectivity index (χ2v) is 3.55. The van der Waals surface area contributed by atoms with Crippen LogP contribution in [0.3, 0.4) is 0 Å². The van der Waals surface area contributed by atoms with Crippen LogP contribution in [-0.4, -0.2) is 26.8 Å². The second kappa shape index (κ2) is 3.05. The average molecular weight is 202 g/mol. The van der Waals surface area contributed by atoms with Crippen molar-refractivity contribution in [2.45, 2.75) is 6.42 Å². The van der Waals surface area contributed by atoms with Gasteiger partial charge in [-0.25, -0.2) is 4.68 Å². The molecule has 0 radical (unpaired) electrons. The molecule has 5 nitrogen and oxygen atoms in total. The lowest BCUT2D eigenvalue weighted by Gasteiger charge is -2.02. The van der Waals surface area contributed by atoms with Gasteiger partial charge in [-0.05, 0) is 22.1 Å². The first-order valence-corrected chi connectivity index (χ1v) is 4.83. The summed E-state index contributed by atoms with van der Waals surface area (Å²) < 4.78 is 7.15. The van der Waals surface area contributed by atoms with Crippen LogP contribution in [-0.2, 0) is 13.5 Å². The van der Waals surface area contributed by atoms with E-state index in [4.69, 9.17) is 4.74 Å². The van der Waals surface area contributed by atoms with E-state index in [2.05, 4.69) is 21.6 Å². The quantitative estimate of drug-likeness (QED) is 0.686. The summed E-state index contributed by atoms with van der Waals surface area (Å²) in [7, 11) is 1.82. The van der Waals surface area contributed by atoms with Gasteiger partial charge >= 0.3 is 0 Å². The highest BCUT2D eigenvalue weighted by Gasteiger charge is 2.14. The Morgan fingerprint density at radius 1 is 1.40 bits per heavy atom. The Morgan fingerprint density at radius 3 is 3.13 bits per heavy atom. The van der Waals surface area contributed by atoms with E-state index in [0.29, 0.717) is 0 Å². The lowest BCUT2D eigenvalue weighted by molar-refractivity contribution is 0.357. The molecule has 15 heavy (non-hydrogen) atoms. The summed E-state index contributed by atoms with van der Waals surface area (Å²) in [5.74, 6) is 1.71. The molecule has 0 saturated carbocycles. The van der Waals surface area contributed by atoms with E-state index in [0.717, 1.165) is 30.2 Å². The molecular formula is C10H10N4O. The van der Waals surface area contributed by atoms with Gasteiger partial charge in [-0.15, -0.1) is 5.10 Å². The maximum Gasteiger partial charge on any atom is 0.181 e. The first-order chi connectivity index (χ1) is 7.34. The highest BCUT2D eigenvalue weighted by atomic mass is 16.5. The lowest BCUT2D eigenvalue weighted by Crippen LogP contribution is -1.94. The Balaban J connectivity index is 2.11. The van der Waals surface area contributed by atoms with Crippen molar-refractivity contribution in [2.75, 3.05) is 6.61 Å². The van der Waals surface area contributed by atoms with Crippen LogP contribution < -0.4 is 4.74 Å². The monoisotopic (exact) mass is 202 g/mol. The number of aromatic nitrogens is 4. The zero-order valence-electron chi connectivity index (χ0n) is 8.34. The normalized spacial score (nSPS) is 13.7. The van der Waals surface area contributed by atoms with Crippen LogP contribution in [0.5, 0.6) is 5.75 Å². The minimum atomic E-state index is 0.758. The number of fused-ring (bicyclic) bond motifs is 1. The van der Waals surface area contributed by atoms with Crippen molar-refractivity contribution in [3.63, 3.8) is 0 Å². The van der Waals surface area contributed by atoms with Gasteiger partial charge in [-0.3, -0.25) is 0 Å². The van der Waals surface area contributed by atoms with Gasteiger partial charge in [0.2, 0.25) is 0 Å². The minimum absolute atomic E-state index is 0.758. The molecule has 5 heteroatoms. The van der Waals surface area contributed by atoms with Crippen LogP contribution in [0, 0.1) is 0 Å². The van der Waals surface area contributed by atoms with Gasteiger partial charge < -0.3 is 4.74 Å². The van der Waals surface area contributed by atoms with Crippen molar-refractivity contribution in [1.29, 1.82) is 0 Å². The zero-order chi connectivity index (χ0) is 10.3. The molecule has 76 valence electrons. The zero-order valence-corrected chi connectivity index (χ0v) is 8.34. The number of hydrogen-bond acceptors (Lipinski definition) is 4. The summed E-state index contributed by atoms with van der Waals surface area (Å²) >= 11 is 0. The number of aryl methyl sites for hydroxylation is 1. The molecule has 1 aliphatic rings. The van der Waals surface area contributed by atoms with Gasteiger partial charge in [0.05, 0.1) is 6.61 Å². The molecule has 2 heterocycles. The van der Waals surface area contributed by atoms with E-state index in [1.807, 2.05) is 19.2 Å². The Kier molecular flexibility index (Phi) is 1.71. The topological polar surface area (TPSA) is 52.8 Å². The summed E-state index contributed by atoms with van der Waals surface area (Å²) in [5.41, 5.74) is 2.25. The Labute approximate surface area is 86.7 Å². The number of hydrogen-bond donors (Lipinski definition) is 0. The van der Waals surface area contributed by atoms with Crippen LogP contribution in [0.25, 0.3) is 11.4 Å². The Bertz CT molecular complexity index is 506. The first-order valence-electron chi connectivity index (χ1n) is 4.83. The molecule has 0 fully saturated rings. The number of nitrogens with zero attached hydrogens (tertiary/aromatic N) is 4. The lowest BCUT2D eigenvalue weighted by atomic mass is 10.1. The van der Waals surface area contributed by atoms with Crippen LogP contribution in [0.4, 0.5) is 0 Å². The predicted molar refractivity (Wildman–Crippen MR) is 53.4 cm³/mol. The summed E-state index contributed by atoms with van der Waals surface area (Å²) in [6.07, 6.45) is 0.993. The summed E-state index contributed by atoms with van der Waals surface area (Å²) in [5, 5.41) is 11.4. The molecule has 1 aromatic carbocycles. The molecule has 0 saturated heterocycles. The summed E-state index contributed by atoms with van der Waals surface area (Å²) in [6, 6.07) is 6.10. The molecule has 0 amide bonds. The van der Waals surface area contributed by atoms with Gasteiger partial charge in [-0.2, -0.15) is 0 Å². The molecule has 0 N–H and O–H groups in total. The van der Waals surface area contributed by atoms with Crippen LogP contribution in [0.15, 0.2) is 18.2 Å².